The van der Waals surface area contributed by atoms with E-state index in [0.29, 0.717) is 18.6 Å². The zero-order chi connectivity index (χ0) is 19.4. The number of methoxy groups -OCH3 is 1. The highest BCUT2D eigenvalue weighted by molar-refractivity contribution is 5.94. The summed E-state index contributed by atoms with van der Waals surface area (Å²) in [4.78, 5) is 12.7. The monoisotopic (exact) mass is 366 g/mol. The summed E-state index contributed by atoms with van der Waals surface area (Å²) >= 11 is 0. The van der Waals surface area contributed by atoms with E-state index < -0.39 is 5.54 Å². The number of nitrogens with zero attached hydrogens (tertiary/aromatic N) is 1. The van der Waals surface area contributed by atoms with Crippen LogP contribution in [0.5, 0.6) is 5.75 Å². The standard InChI is InChI=1S/C22H26N2O3/c1-5-22(17-10-8-7-9-11-17)20(21(25)26-4)16(3)24(23-22)18-12-14-19(15-13-18)27-6-2/h7-15,23H,5-6H2,1-4H3. The second kappa shape index (κ2) is 7.84. The molecule has 5 heteroatoms. The van der Waals surface area contributed by atoms with Gasteiger partial charge in [0.1, 0.15) is 5.75 Å². The SMILES string of the molecule is CCOc1ccc(N2NC(CC)(c3ccccc3)C(C(=O)OC)=C2C)cc1. The minimum absolute atomic E-state index is 0.320. The van der Waals surface area contributed by atoms with E-state index in [1.807, 2.05) is 73.5 Å². The number of rotatable bonds is 6. The first-order chi connectivity index (χ1) is 13.1. The Morgan fingerprint density at radius 2 is 1.74 bits per heavy atom. The van der Waals surface area contributed by atoms with Crippen LogP contribution in [0, 0.1) is 0 Å². The predicted molar refractivity (Wildman–Crippen MR) is 106 cm³/mol. The van der Waals surface area contributed by atoms with Crippen LogP contribution in [-0.2, 0) is 15.1 Å². The lowest BCUT2D eigenvalue weighted by atomic mass is 9.81. The number of allylic oxidation sites excluding steroid dienone is 1. The molecule has 27 heavy (non-hydrogen) atoms. The molecule has 1 aliphatic rings. The summed E-state index contributed by atoms with van der Waals surface area (Å²) in [7, 11) is 1.42. The van der Waals surface area contributed by atoms with Gasteiger partial charge in [0.25, 0.3) is 0 Å². The molecule has 0 saturated carbocycles. The molecule has 1 aliphatic heterocycles. The van der Waals surface area contributed by atoms with Crippen LogP contribution in [0.15, 0.2) is 65.9 Å². The van der Waals surface area contributed by atoms with Gasteiger partial charge in [0.2, 0.25) is 0 Å². The molecule has 2 aromatic rings. The van der Waals surface area contributed by atoms with Crippen molar-refractivity contribution in [1.82, 2.24) is 5.43 Å². The van der Waals surface area contributed by atoms with E-state index >= 15 is 0 Å². The fraction of sp³-hybridized carbons (Fsp3) is 0.318. The van der Waals surface area contributed by atoms with Crippen molar-refractivity contribution in [3.63, 3.8) is 0 Å². The smallest absolute Gasteiger partial charge is 0.337 e. The molecule has 1 heterocycles. The number of nitrogens with one attached hydrogen (secondary N) is 1. The van der Waals surface area contributed by atoms with Gasteiger partial charge in [-0.2, -0.15) is 0 Å². The van der Waals surface area contributed by atoms with Crippen molar-refractivity contribution in [1.29, 1.82) is 0 Å². The highest BCUT2D eigenvalue weighted by Crippen LogP contribution is 2.42. The molecule has 142 valence electrons. The number of hydrogen-bond acceptors (Lipinski definition) is 5. The third-order valence-electron chi connectivity index (χ3n) is 5.02. The van der Waals surface area contributed by atoms with E-state index in [9.17, 15) is 4.79 Å². The van der Waals surface area contributed by atoms with Crippen LogP contribution in [0.25, 0.3) is 0 Å². The Kier molecular flexibility index (Phi) is 5.51. The predicted octanol–water partition coefficient (Wildman–Crippen LogP) is 4.16. The molecule has 0 spiro atoms. The minimum Gasteiger partial charge on any atom is -0.494 e. The highest BCUT2D eigenvalue weighted by atomic mass is 16.5. The molecule has 0 bridgehead atoms. The van der Waals surface area contributed by atoms with Crippen molar-refractivity contribution in [3.05, 3.63) is 71.4 Å². The number of hydrazine groups is 1. The Balaban J connectivity index is 2.08. The number of benzene rings is 2. The van der Waals surface area contributed by atoms with Crippen molar-refractivity contribution < 1.29 is 14.3 Å². The maximum atomic E-state index is 12.7. The third-order valence-corrected chi connectivity index (χ3v) is 5.02. The zero-order valence-corrected chi connectivity index (χ0v) is 16.3. The fourth-order valence-corrected chi connectivity index (χ4v) is 3.68. The average molecular weight is 366 g/mol. The van der Waals surface area contributed by atoms with Gasteiger partial charge >= 0.3 is 5.97 Å². The van der Waals surface area contributed by atoms with E-state index in [2.05, 4.69) is 12.3 Å². The first-order valence-electron chi connectivity index (χ1n) is 9.23. The summed E-state index contributed by atoms with van der Waals surface area (Å²) < 4.78 is 10.7. The van der Waals surface area contributed by atoms with Crippen LogP contribution in [0.2, 0.25) is 0 Å². The number of carbonyl (C=O) groups excluding carboxylic acids is 1. The molecule has 0 aliphatic carbocycles. The van der Waals surface area contributed by atoms with Crippen LogP contribution >= 0.6 is 0 Å². The molecule has 0 radical (unpaired) electrons. The Labute approximate surface area is 160 Å². The lowest BCUT2D eigenvalue weighted by molar-refractivity contribution is -0.137. The third kappa shape index (κ3) is 3.30. The quantitative estimate of drug-likeness (QED) is 0.778. The first-order valence-corrected chi connectivity index (χ1v) is 9.23. The molecule has 1 N–H and O–H groups in total. The Bertz CT molecular complexity index is 830. The molecule has 1 unspecified atom stereocenters. The number of esters is 1. The van der Waals surface area contributed by atoms with Gasteiger partial charge in [-0.05, 0) is 50.1 Å². The van der Waals surface area contributed by atoms with Gasteiger partial charge in [0.05, 0.1) is 30.5 Å². The van der Waals surface area contributed by atoms with Crippen molar-refractivity contribution in [2.45, 2.75) is 32.7 Å². The van der Waals surface area contributed by atoms with Gasteiger partial charge in [-0.3, -0.25) is 5.01 Å². The summed E-state index contributed by atoms with van der Waals surface area (Å²) in [6, 6.07) is 17.8. The minimum atomic E-state index is -0.642. The number of ether oxygens (including phenoxy) is 2. The molecule has 3 rings (SSSR count). The molecule has 1 atom stereocenters. The lowest BCUT2D eigenvalue weighted by Gasteiger charge is -2.33. The first kappa shape index (κ1) is 19.0. The summed E-state index contributed by atoms with van der Waals surface area (Å²) in [5, 5.41) is 1.96. The normalized spacial score (nSPS) is 19.3. The number of carbonyl (C=O) groups is 1. The van der Waals surface area contributed by atoms with Crippen molar-refractivity contribution in [2.75, 3.05) is 18.7 Å². The topological polar surface area (TPSA) is 50.8 Å². The molecule has 0 aromatic heterocycles. The zero-order valence-electron chi connectivity index (χ0n) is 16.3. The van der Waals surface area contributed by atoms with E-state index in [1.54, 1.807) is 0 Å². The van der Waals surface area contributed by atoms with E-state index in [0.717, 1.165) is 22.7 Å². The molecular weight excluding hydrogens is 340 g/mol. The van der Waals surface area contributed by atoms with Gasteiger partial charge in [-0.25, -0.2) is 10.2 Å². The summed E-state index contributed by atoms with van der Waals surface area (Å²) in [6.07, 6.45) is 0.701. The molecule has 0 amide bonds. The summed E-state index contributed by atoms with van der Waals surface area (Å²) in [6.45, 7) is 6.59. The Morgan fingerprint density at radius 3 is 2.30 bits per heavy atom. The number of hydrogen-bond donors (Lipinski definition) is 1. The average Bonchev–Trinajstić information content (AvgIpc) is 3.02. The van der Waals surface area contributed by atoms with Gasteiger partial charge in [-0.1, -0.05) is 37.3 Å². The van der Waals surface area contributed by atoms with E-state index in [4.69, 9.17) is 9.47 Å². The van der Waals surface area contributed by atoms with Crippen LogP contribution in [0.1, 0.15) is 32.8 Å². The molecule has 5 nitrogen and oxygen atoms in total. The van der Waals surface area contributed by atoms with Gasteiger partial charge < -0.3 is 9.47 Å². The van der Waals surface area contributed by atoms with Gasteiger partial charge in [0, 0.05) is 5.70 Å². The highest BCUT2D eigenvalue weighted by Gasteiger charge is 2.47. The summed E-state index contributed by atoms with van der Waals surface area (Å²) in [5.41, 5.74) is 6.35. The Hall–Kier alpha value is -2.79. The van der Waals surface area contributed by atoms with E-state index in [-0.39, 0.29) is 5.97 Å². The van der Waals surface area contributed by atoms with E-state index in [1.165, 1.54) is 7.11 Å². The molecule has 2 aromatic carbocycles. The fourth-order valence-electron chi connectivity index (χ4n) is 3.68. The van der Waals surface area contributed by atoms with Crippen LogP contribution in [0.4, 0.5) is 5.69 Å². The van der Waals surface area contributed by atoms with Crippen LogP contribution < -0.4 is 15.2 Å². The second-order valence-corrected chi connectivity index (χ2v) is 6.45. The van der Waals surface area contributed by atoms with Crippen LogP contribution in [0.3, 0.4) is 0 Å². The Morgan fingerprint density at radius 1 is 1.07 bits per heavy atom. The molecule has 0 saturated heterocycles. The second-order valence-electron chi connectivity index (χ2n) is 6.45. The van der Waals surface area contributed by atoms with Gasteiger partial charge in [0.15, 0.2) is 0 Å². The molecule has 0 fully saturated rings. The summed E-state index contributed by atoms with van der Waals surface area (Å²) in [5.74, 6) is 0.499. The van der Waals surface area contributed by atoms with Gasteiger partial charge in [-0.15, -0.1) is 0 Å². The molecular formula is C22H26N2O3. The maximum absolute atomic E-state index is 12.7. The van der Waals surface area contributed by atoms with Crippen molar-refractivity contribution in [2.24, 2.45) is 0 Å². The van der Waals surface area contributed by atoms with Crippen molar-refractivity contribution in [3.8, 4) is 5.75 Å². The lowest BCUT2D eigenvalue weighted by Crippen LogP contribution is -2.47. The van der Waals surface area contributed by atoms with Crippen molar-refractivity contribution >= 4 is 11.7 Å². The van der Waals surface area contributed by atoms with Crippen LogP contribution in [-0.4, -0.2) is 19.7 Å². The maximum Gasteiger partial charge on any atom is 0.337 e. The number of anilines is 1. The largest absolute Gasteiger partial charge is 0.494 e.